The number of rotatable bonds is 4. The largest absolute Gasteiger partial charge is 0.339 e. The number of piperazine rings is 1. The number of nitrogens with one attached hydrogen (secondary N) is 1. The van der Waals surface area contributed by atoms with E-state index in [1.807, 2.05) is 4.90 Å². The van der Waals surface area contributed by atoms with Crippen LogP contribution < -0.4 is 5.32 Å². The van der Waals surface area contributed by atoms with Crippen molar-refractivity contribution in [3.63, 3.8) is 0 Å². The lowest BCUT2D eigenvalue weighted by molar-refractivity contribution is -0.134. The van der Waals surface area contributed by atoms with Gasteiger partial charge in [0, 0.05) is 39.3 Å². The molecule has 2 heterocycles. The van der Waals surface area contributed by atoms with Crippen LogP contribution in [0, 0.1) is 5.92 Å². The van der Waals surface area contributed by atoms with Gasteiger partial charge in [0.2, 0.25) is 5.91 Å². The third-order valence-electron chi connectivity index (χ3n) is 3.56. The molecule has 0 unspecified atom stereocenters. The number of likely N-dealkylation sites (tertiary alicyclic amines) is 1. The Morgan fingerprint density at radius 2 is 2.00 bits per heavy atom. The molecule has 0 atom stereocenters. The Labute approximate surface area is 98.0 Å². The molecule has 2 fully saturated rings. The molecule has 16 heavy (non-hydrogen) atoms. The predicted molar refractivity (Wildman–Crippen MR) is 64.3 cm³/mol. The summed E-state index contributed by atoms with van der Waals surface area (Å²) in [6.07, 6.45) is 2.59. The summed E-state index contributed by atoms with van der Waals surface area (Å²) in [7, 11) is 0. The molecule has 2 rings (SSSR count). The van der Waals surface area contributed by atoms with Crippen molar-refractivity contribution < 1.29 is 4.79 Å². The van der Waals surface area contributed by atoms with E-state index in [-0.39, 0.29) is 0 Å². The molecule has 2 aliphatic heterocycles. The van der Waals surface area contributed by atoms with Crippen LogP contribution in [0.1, 0.15) is 19.8 Å². The Morgan fingerprint density at radius 3 is 2.62 bits per heavy atom. The van der Waals surface area contributed by atoms with E-state index < -0.39 is 0 Å². The van der Waals surface area contributed by atoms with E-state index in [4.69, 9.17) is 0 Å². The first kappa shape index (κ1) is 11.9. The van der Waals surface area contributed by atoms with Gasteiger partial charge in [0.25, 0.3) is 0 Å². The molecule has 2 saturated heterocycles. The maximum Gasteiger partial charge on any atom is 0.236 e. The van der Waals surface area contributed by atoms with Crippen LogP contribution in [0.2, 0.25) is 0 Å². The maximum absolute atomic E-state index is 11.9. The van der Waals surface area contributed by atoms with Crippen LogP contribution in [0.25, 0.3) is 0 Å². The van der Waals surface area contributed by atoms with Crippen LogP contribution in [0.5, 0.6) is 0 Å². The zero-order valence-corrected chi connectivity index (χ0v) is 10.2. The minimum atomic E-state index is 0.316. The summed E-state index contributed by atoms with van der Waals surface area (Å²) in [4.78, 5) is 16.2. The van der Waals surface area contributed by atoms with Gasteiger partial charge in [-0.3, -0.25) is 9.69 Å². The first-order chi connectivity index (χ1) is 7.79. The molecule has 0 saturated carbocycles. The Hall–Kier alpha value is -0.610. The Morgan fingerprint density at radius 1 is 1.31 bits per heavy atom. The van der Waals surface area contributed by atoms with Crippen LogP contribution in [0.3, 0.4) is 0 Å². The SMILES string of the molecule is CCCC1CN(CC(=O)N2CCNCC2)C1. The fourth-order valence-electron chi connectivity index (χ4n) is 2.60. The van der Waals surface area contributed by atoms with Crippen molar-refractivity contribution in [3.05, 3.63) is 0 Å². The zero-order valence-electron chi connectivity index (χ0n) is 10.2. The molecule has 0 aliphatic carbocycles. The average Bonchev–Trinajstić information content (AvgIpc) is 2.27. The van der Waals surface area contributed by atoms with Gasteiger partial charge in [0.15, 0.2) is 0 Å². The minimum Gasteiger partial charge on any atom is -0.339 e. The fourth-order valence-corrected chi connectivity index (χ4v) is 2.60. The second-order valence-corrected chi connectivity index (χ2v) is 4.98. The molecule has 1 N–H and O–H groups in total. The molecule has 0 aromatic rings. The Kier molecular flexibility index (Phi) is 4.18. The average molecular weight is 225 g/mol. The van der Waals surface area contributed by atoms with E-state index in [0.717, 1.165) is 45.2 Å². The van der Waals surface area contributed by atoms with Gasteiger partial charge in [-0.05, 0) is 12.3 Å². The number of carbonyl (C=O) groups is 1. The lowest BCUT2D eigenvalue weighted by Gasteiger charge is -2.40. The van der Waals surface area contributed by atoms with Gasteiger partial charge >= 0.3 is 0 Å². The van der Waals surface area contributed by atoms with E-state index in [1.54, 1.807) is 0 Å². The predicted octanol–water partition coefficient (Wildman–Crippen LogP) is 0.150. The van der Waals surface area contributed by atoms with Crippen LogP contribution >= 0.6 is 0 Å². The van der Waals surface area contributed by atoms with Crippen molar-refractivity contribution in [1.29, 1.82) is 0 Å². The summed E-state index contributed by atoms with van der Waals surface area (Å²) in [5.41, 5.74) is 0. The first-order valence-electron chi connectivity index (χ1n) is 6.50. The third kappa shape index (κ3) is 2.95. The molecule has 0 aromatic carbocycles. The summed E-state index contributed by atoms with van der Waals surface area (Å²) >= 11 is 0. The van der Waals surface area contributed by atoms with Crippen LogP contribution in [0.4, 0.5) is 0 Å². The van der Waals surface area contributed by atoms with Gasteiger partial charge in [-0.1, -0.05) is 13.3 Å². The second kappa shape index (κ2) is 5.64. The van der Waals surface area contributed by atoms with Gasteiger partial charge < -0.3 is 10.2 Å². The van der Waals surface area contributed by atoms with Gasteiger partial charge in [-0.2, -0.15) is 0 Å². The highest BCUT2D eigenvalue weighted by atomic mass is 16.2. The van der Waals surface area contributed by atoms with E-state index in [1.165, 1.54) is 12.8 Å². The quantitative estimate of drug-likeness (QED) is 0.740. The van der Waals surface area contributed by atoms with E-state index in [9.17, 15) is 4.79 Å². The summed E-state index contributed by atoms with van der Waals surface area (Å²) < 4.78 is 0. The lowest BCUT2D eigenvalue weighted by atomic mass is 9.95. The molecule has 0 spiro atoms. The molecule has 4 nitrogen and oxygen atoms in total. The van der Waals surface area contributed by atoms with Crippen LogP contribution in [-0.4, -0.2) is 61.5 Å². The minimum absolute atomic E-state index is 0.316. The third-order valence-corrected chi connectivity index (χ3v) is 3.56. The van der Waals surface area contributed by atoms with Gasteiger partial charge in [-0.15, -0.1) is 0 Å². The van der Waals surface area contributed by atoms with Crippen LogP contribution in [0.15, 0.2) is 0 Å². The Bertz CT molecular complexity index is 232. The van der Waals surface area contributed by atoms with Crippen molar-refractivity contribution >= 4 is 5.91 Å². The number of hydrogen-bond acceptors (Lipinski definition) is 3. The monoisotopic (exact) mass is 225 g/mol. The van der Waals surface area contributed by atoms with Crippen molar-refractivity contribution in [2.75, 3.05) is 45.8 Å². The molecule has 0 bridgehead atoms. The second-order valence-electron chi connectivity index (χ2n) is 4.98. The maximum atomic E-state index is 11.9. The molecule has 1 amide bonds. The van der Waals surface area contributed by atoms with E-state index in [0.29, 0.717) is 12.5 Å². The highest BCUT2D eigenvalue weighted by Gasteiger charge is 2.28. The molecule has 0 radical (unpaired) electrons. The normalized spacial score (nSPS) is 23.2. The lowest BCUT2D eigenvalue weighted by Crippen LogP contribution is -2.54. The van der Waals surface area contributed by atoms with E-state index in [2.05, 4.69) is 17.1 Å². The number of carbonyl (C=O) groups excluding carboxylic acids is 1. The highest BCUT2D eigenvalue weighted by molar-refractivity contribution is 5.78. The zero-order chi connectivity index (χ0) is 11.4. The van der Waals surface area contributed by atoms with Crippen LogP contribution in [-0.2, 0) is 4.79 Å². The molecular weight excluding hydrogens is 202 g/mol. The molecular formula is C12H23N3O. The number of amides is 1. The summed E-state index contributed by atoms with van der Waals surface area (Å²) in [5.74, 6) is 1.16. The summed E-state index contributed by atoms with van der Waals surface area (Å²) in [5, 5.41) is 3.27. The highest BCUT2D eigenvalue weighted by Crippen LogP contribution is 2.19. The van der Waals surface area contributed by atoms with Crippen molar-refractivity contribution in [2.45, 2.75) is 19.8 Å². The molecule has 2 aliphatic rings. The standard InChI is InChI=1S/C12H23N3O/c1-2-3-11-8-14(9-11)10-12(16)15-6-4-13-5-7-15/h11,13H,2-10H2,1H3. The molecule has 92 valence electrons. The van der Waals surface area contributed by atoms with Crippen molar-refractivity contribution in [1.82, 2.24) is 15.1 Å². The fraction of sp³-hybridized carbons (Fsp3) is 0.917. The molecule has 0 aromatic heterocycles. The molecule has 4 heteroatoms. The van der Waals surface area contributed by atoms with Gasteiger partial charge in [0.1, 0.15) is 0 Å². The van der Waals surface area contributed by atoms with E-state index >= 15 is 0 Å². The number of nitrogens with zero attached hydrogens (tertiary/aromatic N) is 2. The number of hydrogen-bond donors (Lipinski definition) is 1. The Balaban J connectivity index is 1.64. The first-order valence-corrected chi connectivity index (χ1v) is 6.50. The van der Waals surface area contributed by atoms with Crippen molar-refractivity contribution in [2.24, 2.45) is 5.92 Å². The summed E-state index contributed by atoms with van der Waals surface area (Å²) in [6.45, 7) is 8.79. The topological polar surface area (TPSA) is 35.6 Å². The smallest absolute Gasteiger partial charge is 0.236 e. The van der Waals surface area contributed by atoms with Gasteiger partial charge in [0.05, 0.1) is 6.54 Å². The summed E-state index contributed by atoms with van der Waals surface area (Å²) in [6, 6.07) is 0. The van der Waals surface area contributed by atoms with Crippen molar-refractivity contribution in [3.8, 4) is 0 Å². The van der Waals surface area contributed by atoms with Gasteiger partial charge in [-0.25, -0.2) is 0 Å².